The largest absolute Gasteiger partial charge is 0.489 e. The first-order chi connectivity index (χ1) is 13.6. The van der Waals surface area contributed by atoms with Crippen molar-refractivity contribution in [3.8, 4) is 5.75 Å². The van der Waals surface area contributed by atoms with Crippen LogP contribution in [0.15, 0.2) is 77.3 Å². The Bertz CT molecular complexity index is 861. The number of nitrogens with one attached hydrogen (secondary N) is 1. The highest BCUT2D eigenvalue weighted by Gasteiger charge is 2.08. The quantitative estimate of drug-likeness (QED) is 0.415. The predicted octanol–water partition coefficient (Wildman–Crippen LogP) is 6.45. The van der Waals surface area contributed by atoms with Crippen molar-refractivity contribution < 1.29 is 4.74 Å². The van der Waals surface area contributed by atoms with Crippen molar-refractivity contribution >= 4 is 15.9 Å². The van der Waals surface area contributed by atoms with Gasteiger partial charge in [-0.2, -0.15) is 0 Å². The van der Waals surface area contributed by atoms with Crippen molar-refractivity contribution in [2.24, 2.45) is 0 Å². The second-order valence-corrected chi connectivity index (χ2v) is 8.25. The number of hydrogen-bond acceptors (Lipinski definition) is 2. The standard InChI is InChI=1S/C25H28BrNO/c1-19-8-11-22(12-9-19)18-28-25-15-14-24(26)16-23(25)17-27-20(2)10-13-21-6-4-3-5-7-21/h3-9,11-12,14-16,20,27H,10,13,17-18H2,1-2H3. The van der Waals surface area contributed by atoms with Gasteiger partial charge in [-0.1, -0.05) is 76.1 Å². The lowest BCUT2D eigenvalue weighted by molar-refractivity contribution is 0.301. The maximum atomic E-state index is 6.12. The van der Waals surface area contributed by atoms with Gasteiger partial charge >= 0.3 is 0 Å². The Labute approximate surface area is 177 Å². The van der Waals surface area contributed by atoms with E-state index >= 15 is 0 Å². The van der Waals surface area contributed by atoms with E-state index in [-0.39, 0.29) is 0 Å². The van der Waals surface area contributed by atoms with Gasteiger partial charge in [0.15, 0.2) is 0 Å². The van der Waals surface area contributed by atoms with Crippen molar-refractivity contribution in [1.82, 2.24) is 5.32 Å². The molecule has 3 aromatic carbocycles. The Kier molecular flexibility index (Phi) is 7.70. The first-order valence-corrected chi connectivity index (χ1v) is 10.6. The van der Waals surface area contributed by atoms with Crippen molar-refractivity contribution in [3.05, 3.63) is 99.5 Å². The average Bonchev–Trinajstić information content (AvgIpc) is 2.72. The lowest BCUT2D eigenvalue weighted by Gasteiger charge is -2.17. The summed E-state index contributed by atoms with van der Waals surface area (Å²) in [5.74, 6) is 0.937. The molecule has 0 saturated heterocycles. The average molecular weight is 438 g/mol. The number of halogens is 1. The molecule has 0 aliphatic heterocycles. The number of hydrogen-bond donors (Lipinski definition) is 1. The highest BCUT2D eigenvalue weighted by atomic mass is 79.9. The maximum Gasteiger partial charge on any atom is 0.124 e. The maximum absolute atomic E-state index is 6.12. The first kappa shape index (κ1) is 20.6. The van der Waals surface area contributed by atoms with Crippen molar-refractivity contribution in [1.29, 1.82) is 0 Å². The van der Waals surface area contributed by atoms with Crippen molar-refractivity contribution in [2.75, 3.05) is 0 Å². The first-order valence-electron chi connectivity index (χ1n) is 9.84. The molecule has 0 spiro atoms. The molecule has 3 heteroatoms. The van der Waals surface area contributed by atoms with Gasteiger partial charge in [-0.25, -0.2) is 0 Å². The summed E-state index contributed by atoms with van der Waals surface area (Å²) in [6, 6.07) is 25.8. The fourth-order valence-corrected chi connectivity index (χ4v) is 3.49. The highest BCUT2D eigenvalue weighted by Crippen LogP contribution is 2.24. The van der Waals surface area contributed by atoms with Crippen LogP contribution in [0.3, 0.4) is 0 Å². The van der Waals surface area contributed by atoms with Gasteiger partial charge in [0.1, 0.15) is 12.4 Å². The lowest BCUT2D eigenvalue weighted by atomic mass is 10.1. The molecule has 0 saturated carbocycles. The molecule has 0 fully saturated rings. The molecule has 0 aromatic heterocycles. The van der Waals surface area contributed by atoms with Crippen LogP contribution in [0.2, 0.25) is 0 Å². The van der Waals surface area contributed by atoms with Crippen LogP contribution in [0.1, 0.15) is 35.6 Å². The summed E-state index contributed by atoms with van der Waals surface area (Å²) in [4.78, 5) is 0. The van der Waals surface area contributed by atoms with Crippen LogP contribution in [0.4, 0.5) is 0 Å². The number of ether oxygens (including phenoxy) is 1. The molecule has 2 nitrogen and oxygen atoms in total. The second-order valence-electron chi connectivity index (χ2n) is 7.33. The molecule has 0 aliphatic rings. The van der Waals surface area contributed by atoms with Crippen LogP contribution in [0, 0.1) is 6.92 Å². The van der Waals surface area contributed by atoms with Crippen molar-refractivity contribution in [3.63, 3.8) is 0 Å². The monoisotopic (exact) mass is 437 g/mol. The Hall–Kier alpha value is -2.10. The second kappa shape index (κ2) is 10.4. The predicted molar refractivity (Wildman–Crippen MR) is 121 cm³/mol. The smallest absolute Gasteiger partial charge is 0.124 e. The van der Waals surface area contributed by atoms with E-state index < -0.39 is 0 Å². The Balaban J connectivity index is 1.55. The normalized spacial score (nSPS) is 12.0. The number of benzene rings is 3. The summed E-state index contributed by atoms with van der Waals surface area (Å²) >= 11 is 3.59. The SMILES string of the molecule is Cc1ccc(COc2ccc(Br)cc2CNC(C)CCc2ccccc2)cc1. The summed E-state index contributed by atoms with van der Waals surface area (Å²) in [6.45, 7) is 5.72. The zero-order valence-electron chi connectivity index (χ0n) is 16.6. The fourth-order valence-electron chi connectivity index (χ4n) is 3.09. The molecule has 1 N–H and O–H groups in total. The zero-order chi connectivity index (χ0) is 19.8. The van der Waals surface area contributed by atoms with E-state index in [1.165, 1.54) is 22.3 Å². The fraction of sp³-hybridized carbons (Fsp3) is 0.280. The molecular formula is C25H28BrNO. The molecule has 146 valence electrons. The molecule has 0 radical (unpaired) electrons. The van der Waals surface area contributed by atoms with Gasteiger partial charge in [0.05, 0.1) is 0 Å². The molecular weight excluding hydrogens is 410 g/mol. The van der Waals surface area contributed by atoms with Crippen LogP contribution in [-0.2, 0) is 19.6 Å². The molecule has 1 atom stereocenters. The van der Waals surface area contributed by atoms with E-state index in [0.29, 0.717) is 12.6 Å². The van der Waals surface area contributed by atoms with Gasteiger partial charge in [-0.3, -0.25) is 0 Å². The topological polar surface area (TPSA) is 21.3 Å². The third-order valence-electron chi connectivity index (χ3n) is 4.89. The van der Waals surface area contributed by atoms with Crippen LogP contribution in [0.5, 0.6) is 5.75 Å². The minimum absolute atomic E-state index is 0.434. The summed E-state index contributed by atoms with van der Waals surface area (Å²) in [5, 5.41) is 3.64. The lowest BCUT2D eigenvalue weighted by Crippen LogP contribution is -2.26. The molecule has 0 bridgehead atoms. The molecule has 3 aromatic rings. The Morgan fingerprint density at radius 2 is 1.68 bits per heavy atom. The summed E-state index contributed by atoms with van der Waals surface area (Å²) < 4.78 is 7.19. The summed E-state index contributed by atoms with van der Waals surface area (Å²) in [7, 11) is 0. The van der Waals surface area contributed by atoms with E-state index in [9.17, 15) is 0 Å². The zero-order valence-corrected chi connectivity index (χ0v) is 18.2. The Morgan fingerprint density at radius 1 is 0.929 bits per heavy atom. The van der Waals surface area contributed by atoms with Gasteiger partial charge in [0.2, 0.25) is 0 Å². The molecule has 3 rings (SSSR count). The molecule has 28 heavy (non-hydrogen) atoms. The van der Waals surface area contributed by atoms with Crippen LogP contribution in [-0.4, -0.2) is 6.04 Å². The van der Waals surface area contributed by atoms with Crippen LogP contribution >= 0.6 is 15.9 Å². The van der Waals surface area contributed by atoms with Crippen LogP contribution < -0.4 is 10.1 Å². The van der Waals surface area contributed by atoms with E-state index in [1.54, 1.807) is 0 Å². The van der Waals surface area contributed by atoms with Gasteiger partial charge in [0, 0.05) is 22.6 Å². The Morgan fingerprint density at radius 3 is 2.43 bits per heavy atom. The van der Waals surface area contributed by atoms with E-state index in [0.717, 1.165) is 29.6 Å². The van der Waals surface area contributed by atoms with Crippen molar-refractivity contribution in [2.45, 2.75) is 45.9 Å². The van der Waals surface area contributed by atoms with Gasteiger partial charge < -0.3 is 10.1 Å². The molecule has 0 heterocycles. The van der Waals surface area contributed by atoms with Gasteiger partial charge in [-0.15, -0.1) is 0 Å². The molecule has 1 unspecified atom stereocenters. The molecule has 0 aliphatic carbocycles. The van der Waals surface area contributed by atoms with E-state index in [1.807, 2.05) is 12.1 Å². The van der Waals surface area contributed by atoms with E-state index in [2.05, 4.69) is 95.8 Å². The number of rotatable bonds is 9. The third kappa shape index (κ3) is 6.50. The summed E-state index contributed by atoms with van der Waals surface area (Å²) in [5.41, 5.74) is 5.01. The van der Waals surface area contributed by atoms with E-state index in [4.69, 9.17) is 4.74 Å². The third-order valence-corrected chi connectivity index (χ3v) is 5.38. The van der Waals surface area contributed by atoms with Crippen LogP contribution in [0.25, 0.3) is 0 Å². The number of aryl methyl sites for hydroxylation is 2. The van der Waals surface area contributed by atoms with Gasteiger partial charge in [0.25, 0.3) is 0 Å². The summed E-state index contributed by atoms with van der Waals surface area (Å²) in [6.07, 6.45) is 2.20. The molecule has 0 amide bonds. The minimum atomic E-state index is 0.434. The highest BCUT2D eigenvalue weighted by molar-refractivity contribution is 9.10. The van der Waals surface area contributed by atoms with Gasteiger partial charge in [-0.05, 0) is 56.0 Å². The minimum Gasteiger partial charge on any atom is -0.489 e.